The van der Waals surface area contributed by atoms with Gasteiger partial charge in [0.2, 0.25) is 0 Å². The van der Waals surface area contributed by atoms with Crippen molar-refractivity contribution in [2.24, 2.45) is 0 Å². The first-order valence-corrected chi connectivity index (χ1v) is 5.69. The van der Waals surface area contributed by atoms with Gasteiger partial charge in [-0.3, -0.25) is 9.78 Å². The fourth-order valence-corrected chi connectivity index (χ4v) is 1.63. The summed E-state index contributed by atoms with van der Waals surface area (Å²) < 4.78 is 0. The van der Waals surface area contributed by atoms with Crippen LogP contribution in [-0.2, 0) is 0 Å². The summed E-state index contributed by atoms with van der Waals surface area (Å²) in [6.07, 6.45) is 8.71. The van der Waals surface area contributed by atoms with Gasteiger partial charge in [-0.1, -0.05) is 26.2 Å². The number of hydrogen-bond acceptors (Lipinski definition) is 2. The minimum absolute atomic E-state index is 0.256. The minimum atomic E-state index is 0.256. The molecular weight excluding hydrogens is 186 g/mol. The summed E-state index contributed by atoms with van der Waals surface area (Å²) in [4.78, 5) is 15.8. The largest absolute Gasteiger partial charge is 0.294 e. The average Bonchev–Trinajstić information content (AvgIpc) is 2.25. The molecule has 2 nitrogen and oxygen atoms in total. The van der Waals surface area contributed by atoms with Crippen LogP contribution in [0.5, 0.6) is 0 Å². The number of unbranched alkanes of at least 4 members (excludes halogenated alkanes) is 3. The summed E-state index contributed by atoms with van der Waals surface area (Å²) in [6, 6.07) is 1.82. The molecule has 0 radical (unpaired) electrons. The van der Waals surface area contributed by atoms with Crippen LogP contribution in [0.4, 0.5) is 0 Å². The highest BCUT2D eigenvalue weighted by Crippen LogP contribution is 2.11. The maximum absolute atomic E-state index is 11.8. The van der Waals surface area contributed by atoms with Crippen LogP contribution >= 0.6 is 0 Å². The van der Waals surface area contributed by atoms with Crippen molar-refractivity contribution in [3.63, 3.8) is 0 Å². The molecule has 2 heteroatoms. The molecule has 15 heavy (non-hydrogen) atoms. The van der Waals surface area contributed by atoms with Gasteiger partial charge >= 0.3 is 0 Å². The third-order valence-corrected chi connectivity index (χ3v) is 2.58. The second kappa shape index (κ2) is 6.33. The molecule has 0 atom stereocenters. The molecule has 0 fully saturated rings. The second-order valence-corrected chi connectivity index (χ2v) is 3.92. The van der Waals surface area contributed by atoms with Crippen LogP contribution in [0.2, 0.25) is 0 Å². The van der Waals surface area contributed by atoms with Gasteiger partial charge in [-0.2, -0.15) is 0 Å². The summed E-state index contributed by atoms with van der Waals surface area (Å²) in [5.74, 6) is 0.256. The summed E-state index contributed by atoms with van der Waals surface area (Å²) in [5, 5.41) is 0. The summed E-state index contributed by atoms with van der Waals surface area (Å²) >= 11 is 0. The van der Waals surface area contributed by atoms with Crippen LogP contribution in [-0.4, -0.2) is 10.8 Å². The molecule has 0 aliphatic heterocycles. The highest BCUT2D eigenvalue weighted by Gasteiger charge is 2.07. The molecule has 0 aliphatic carbocycles. The van der Waals surface area contributed by atoms with Crippen molar-refractivity contribution in [2.45, 2.75) is 46.0 Å². The Morgan fingerprint density at radius 1 is 1.33 bits per heavy atom. The van der Waals surface area contributed by atoms with Crippen molar-refractivity contribution < 1.29 is 4.79 Å². The lowest BCUT2D eigenvalue weighted by atomic mass is 10.0. The van der Waals surface area contributed by atoms with Crippen molar-refractivity contribution >= 4 is 5.78 Å². The first-order chi connectivity index (χ1) is 7.25. The van der Waals surface area contributed by atoms with E-state index in [4.69, 9.17) is 0 Å². The number of Topliss-reactive ketones (excluding diaryl/α,β-unsaturated/α-hetero) is 1. The zero-order chi connectivity index (χ0) is 11.1. The van der Waals surface area contributed by atoms with E-state index in [-0.39, 0.29) is 5.78 Å². The first-order valence-electron chi connectivity index (χ1n) is 5.69. The number of aryl methyl sites for hydroxylation is 1. The number of rotatable bonds is 6. The third-order valence-electron chi connectivity index (χ3n) is 2.58. The molecule has 1 aromatic rings. The molecule has 0 saturated heterocycles. The van der Waals surface area contributed by atoms with Gasteiger partial charge in [0.1, 0.15) is 0 Å². The molecule has 0 aliphatic rings. The Balaban J connectivity index is 2.44. The summed E-state index contributed by atoms with van der Waals surface area (Å²) in [6.45, 7) is 4.11. The number of carbonyl (C=O) groups is 1. The van der Waals surface area contributed by atoms with Crippen molar-refractivity contribution in [1.82, 2.24) is 4.98 Å². The van der Waals surface area contributed by atoms with E-state index in [2.05, 4.69) is 11.9 Å². The zero-order valence-electron chi connectivity index (χ0n) is 9.62. The van der Waals surface area contributed by atoms with Crippen molar-refractivity contribution in [3.8, 4) is 0 Å². The van der Waals surface area contributed by atoms with Crippen LogP contribution in [0.3, 0.4) is 0 Å². The lowest BCUT2D eigenvalue weighted by Gasteiger charge is -2.03. The maximum Gasteiger partial charge on any atom is 0.163 e. The van der Waals surface area contributed by atoms with Crippen LogP contribution in [0.1, 0.15) is 54.9 Å². The van der Waals surface area contributed by atoms with Gasteiger partial charge in [-0.15, -0.1) is 0 Å². The molecule has 0 aromatic carbocycles. The van der Waals surface area contributed by atoms with E-state index in [9.17, 15) is 4.79 Å². The predicted molar refractivity (Wildman–Crippen MR) is 62.1 cm³/mol. The van der Waals surface area contributed by atoms with Crippen LogP contribution in [0.15, 0.2) is 18.5 Å². The lowest BCUT2D eigenvalue weighted by molar-refractivity contribution is 0.0978. The molecular formula is C13H19NO. The van der Waals surface area contributed by atoms with E-state index >= 15 is 0 Å². The van der Waals surface area contributed by atoms with E-state index in [1.165, 1.54) is 12.8 Å². The van der Waals surface area contributed by atoms with E-state index in [1.807, 2.05) is 13.0 Å². The van der Waals surface area contributed by atoms with Gasteiger partial charge in [0.05, 0.1) is 0 Å². The van der Waals surface area contributed by atoms with Crippen LogP contribution < -0.4 is 0 Å². The number of carbonyl (C=O) groups excluding carboxylic acids is 1. The average molecular weight is 205 g/mol. The Morgan fingerprint density at radius 3 is 2.80 bits per heavy atom. The summed E-state index contributed by atoms with van der Waals surface area (Å²) in [5.41, 5.74) is 1.82. The number of pyridine rings is 1. The first kappa shape index (κ1) is 11.9. The van der Waals surface area contributed by atoms with E-state index < -0.39 is 0 Å². The minimum Gasteiger partial charge on any atom is -0.294 e. The fourth-order valence-electron chi connectivity index (χ4n) is 1.63. The predicted octanol–water partition coefficient (Wildman–Crippen LogP) is 3.54. The molecule has 82 valence electrons. The van der Waals surface area contributed by atoms with Gasteiger partial charge in [0.25, 0.3) is 0 Å². The molecule has 0 unspecified atom stereocenters. The molecule has 0 spiro atoms. The van der Waals surface area contributed by atoms with Crippen molar-refractivity contribution in [2.75, 3.05) is 0 Å². The third kappa shape index (κ3) is 3.82. The van der Waals surface area contributed by atoms with Gasteiger partial charge < -0.3 is 0 Å². The Bertz CT molecular complexity index is 320. The lowest BCUT2D eigenvalue weighted by Crippen LogP contribution is -2.01. The van der Waals surface area contributed by atoms with Crippen LogP contribution in [0.25, 0.3) is 0 Å². The highest BCUT2D eigenvalue weighted by molar-refractivity contribution is 5.97. The Kier molecular flexibility index (Phi) is 5.02. The number of aromatic nitrogens is 1. The van der Waals surface area contributed by atoms with Gasteiger partial charge in [0, 0.05) is 24.4 Å². The van der Waals surface area contributed by atoms with E-state index in [1.54, 1.807) is 12.4 Å². The number of ketones is 1. The molecule has 1 aromatic heterocycles. The molecule has 1 heterocycles. The Labute approximate surface area is 91.7 Å². The SMILES string of the molecule is CCCCCCC(=O)c1ccncc1C. The quantitative estimate of drug-likeness (QED) is 0.525. The van der Waals surface area contributed by atoms with E-state index in [0.29, 0.717) is 6.42 Å². The maximum atomic E-state index is 11.8. The topological polar surface area (TPSA) is 30.0 Å². The number of nitrogens with zero attached hydrogens (tertiary/aromatic N) is 1. The van der Waals surface area contributed by atoms with Gasteiger partial charge in [-0.05, 0) is 25.0 Å². The molecule has 0 saturated carbocycles. The normalized spacial score (nSPS) is 10.3. The molecule has 0 amide bonds. The molecule has 1 rings (SSSR count). The molecule has 0 bridgehead atoms. The highest BCUT2D eigenvalue weighted by atomic mass is 16.1. The zero-order valence-corrected chi connectivity index (χ0v) is 9.62. The Hall–Kier alpha value is -1.18. The molecule has 0 N–H and O–H groups in total. The smallest absolute Gasteiger partial charge is 0.163 e. The van der Waals surface area contributed by atoms with Gasteiger partial charge in [-0.25, -0.2) is 0 Å². The summed E-state index contributed by atoms with van der Waals surface area (Å²) in [7, 11) is 0. The number of hydrogen-bond donors (Lipinski definition) is 0. The second-order valence-electron chi connectivity index (χ2n) is 3.92. The Morgan fingerprint density at radius 2 is 2.13 bits per heavy atom. The van der Waals surface area contributed by atoms with Crippen molar-refractivity contribution in [1.29, 1.82) is 0 Å². The van der Waals surface area contributed by atoms with Crippen LogP contribution in [0, 0.1) is 6.92 Å². The fraction of sp³-hybridized carbons (Fsp3) is 0.538. The van der Waals surface area contributed by atoms with E-state index in [0.717, 1.165) is 24.0 Å². The standard InChI is InChI=1S/C13H19NO/c1-3-4-5-6-7-13(15)12-8-9-14-10-11(12)2/h8-10H,3-7H2,1-2H3. The van der Waals surface area contributed by atoms with Gasteiger partial charge in [0.15, 0.2) is 5.78 Å². The monoisotopic (exact) mass is 205 g/mol. The van der Waals surface area contributed by atoms with Crippen molar-refractivity contribution in [3.05, 3.63) is 29.6 Å².